The summed E-state index contributed by atoms with van der Waals surface area (Å²) in [5.74, 6) is -0.624. The van der Waals surface area contributed by atoms with Crippen molar-refractivity contribution in [1.82, 2.24) is 0 Å². The van der Waals surface area contributed by atoms with E-state index in [2.05, 4.69) is 12.7 Å². The Kier molecular flexibility index (Phi) is 7.25. The second-order valence-electron chi connectivity index (χ2n) is 7.58. The Bertz CT molecular complexity index is 618. The third-order valence-corrected chi connectivity index (χ3v) is 5.85. The summed E-state index contributed by atoms with van der Waals surface area (Å²) in [7, 11) is 0. The van der Waals surface area contributed by atoms with E-state index in [-0.39, 0.29) is 24.0 Å². The summed E-state index contributed by atoms with van der Waals surface area (Å²) in [6.45, 7) is 6.48. The summed E-state index contributed by atoms with van der Waals surface area (Å²) in [4.78, 5) is 0. The van der Waals surface area contributed by atoms with Gasteiger partial charge in [0.05, 0.1) is 32.0 Å². The number of hydrogen-bond acceptors (Lipinski definition) is 3. The van der Waals surface area contributed by atoms with Crippen LogP contribution in [0.1, 0.15) is 51.0 Å². The van der Waals surface area contributed by atoms with E-state index in [1.807, 2.05) is 0 Å². The molecule has 1 heterocycles. The maximum absolute atomic E-state index is 14.1. The van der Waals surface area contributed by atoms with Crippen molar-refractivity contribution in [3.8, 4) is 5.75 Å². The molecule has 1 aliphatic carbocycles. The highest BCUT2D eigenvalue weighted by Crippen LogP contribution is 2.35. The molecule has 0 N–H and O–H groups in total. The first-order valence-electron chi connectivity index (χ1n) is 10.1. The van der Waals surface area contributed by atoms with Crippen molar-refractivity contribution in [1.29, 1.82) is 0 Å². The molecule has 1 aromatic rings. The van der Waals surface area contributed by atoms with Crippen LogP contribution in [0, 0.1) is 23.5 Å². The summed E-state index contributed by atoms with van der Waals surface area (Å²) in [6, 6.07) is 2.97. The van der Waals surface area contributed by atoms with Gasteiger partial charge in [-0.15, -0.1) is 6.58 Å². The van der Waals surface area contributed by atoms with Gasteiger partial charge in [0.2, 0.25) is 5.82 Å². The van der Waals surface area contributed by atoms with E-state index in [1.165, 1.54) is 37.8 Å². The Morgan fingerprint density at radius 1 is 1.11 bits per heavy atom. The third kappa shape index (κ3) is 5.08. The van der Waals surface area contributed by atoms with Crippen LogP contribution in [0.2, 0.25) is 0 Å². The Hall–Kier alpha value is -1.46. The van der Waals surface area contributed by atoms with Crippen LogP contribution >= 0.6 is 0 Å². The van der Waals surface area contributed by atoms with Crippen molar-refractivity contribution >= 4 is 0 Å². The van der Waals surface area contributed by atoms with E-state index in [9.17, 15) is 8.78 Å². The maximum Gasteiger partial charge on any atom is 0.200 e. The third-order valence-electron chi connectivity index (χ3n) is 5.85. The summed E-state index contributed by atoms with van der Waals surface area (Å²) in [6.07, 6.45) is 8.97. The van der Waals surface area contributed by atoms with E-state index in [0.717, 1.165) is 12.8 Å². The minimum absolute atomic E-state index is 0.0400. The van der Waals surface area contributed by atoms with Crippen LogP contribution in [0.25, 0.3) is 0 Å². The lowest BCUT2D eigenvalue weighted by molar-refractivity contribution is -0.112. The van der Waals surface area contributed by atoms with E-state index in [1.54, 1.807) is 6.92 Å². The largest absolute Gasteiger partial charge is 0.491 e. The Labute approximate surface area is 160 Å². The van der Waals surface area contributed by atoms with Crippen molar-refractivity contribution in [2.24, 2.45) is 11.8 Å². The Morgan fingerprint density at radius 2 is 1.89 bits per heavy atom. The monoisotopic (exact) mass is 380 g/mol. The lowest BCUT2D eigenvalue weighted by Gasteiger charge is -2.37. The van der Waals surface area contributed by atoms with Crippen molar-refractivity contribution in [2.45, 2.75) is 64.3 Å². The summed E-state index contributed by atoms with van der Waals surface area (Å²) < 4.78 is 45.0. The minimum Gasteiger partial charge on any atom is -0.491 e. The number of ether oxygens (including phenoxy) is 3. The zero-order chi connectivity index (χ0) is 19.2. The molecule has 5 heteroatoms. The van der Waals surface area contributed by atoms with E-state index >= 15 is 0 Å². The first-order valence-corrected chi connectivity index (χ1v) is 10.1. The van der Waals surface area contributed by atoms with E-state index in [4.69, 9.17) is 14.2 Å². The highest BCUT2D eigenvalue weighted by atomic mass is 19.2. The highest BCUT2D eigenvalue weighted by molar-refractivity contribution is 5.30. The molecule has 0 aromatic heterocycles. The van der Waals surface area contributed by atoms with Gasteiger partial charge in [0.1, 0.15) is 0 Å². The molecule has 0 spiro atoms. The molecule has 0 radical (unpaired) electrons. The summed E-state index contributed by atoms with van der Waals surface area (Å²) >= 11 is 0. The van der Waals surface area contributed by atoms with Crippen molar-refractivity contribution in [2.75, 3.05) is 13.2 Å². The van der Waals surface area contributed by atoms with Gasteiger partial charge in [0.15, 0.2) is 11.6 Å². The maximum atomic E-state index is 14.1. The fourth-order valence-corrected chi connectivity index (χ4v) is 4.16. The Morgan fingerprint density at radius 3 is 2.52 bits per heavy atom. The van der Waals surface area contributed by atoms with Crippen molar-refractivity contribution in [3.05, 3.63) is 42.0 Å². The number of benzene rings is 1. The lowest BCUT2D eigenvalue weighted by atomic mass is 9.78. The molecule has 2 fully saturated rings. The molecular weight excluding hydrogens is 350 g/mol. The standard InChI is InChI=1S/C22H30F2O3/c1-3-15-5-7-16(8-6-15)19-12-10-18(14-27-19)26-13-17-9-11-20(25-4-2)22(24)21(17)23/h3,9,11,15-16,18-19H,1,4-8,10,12-14H2,2H3. The SMILES string of the molecule is C=CC1CCC(C2CCC(OCc3ccc(OCC)c(F)c3F)CO2)CC1. The zero-order valence-corrected chi connectivity index (χ0v) is 16.1. The molecule has 1 aliphatic heterocycles. The van der Waals surface area contributed by atoms with Crippen LogP contribution in [-0.2, 0) is 16.1 Å². The van der Waals surface area contributed by atoms with Gasteiger partial charge in [-0.3, -0.25) is 0 Å². The number of hydrogen-bond donors (Lipinski definition) is 0. The number of halogens is 2. The summed E-state index contributed by atoms with van der Waals surface area (Å²) in [5.41, 5.74) is 0.209. The Balaban J connectivity index is 1.45. The molecule has 1 saturated heterocycles. The normalized spacial score (nSPS) is 28.7. The fourth-order valence-electron chi connectivity index (χ4n) is 4.16. The zero-order valence-electron chi connectivity index (χ0n) is 16.1. The molecule has 1 saturated carbocycles. The van der Waals surface area contributed by atoms with Crippen molar-refractivity contribution < 1.29 is 23.0 Å². The minimum atomic E-state index is -0.951. The van der Waals surface area contributed by atoms with E-state index < -0.39 is 11.6 Å². The van der Waals surface area contributed by atoms with Crippen LogP contribution < -0.4 is 4.74 Å². The predicted molar refractivity (Wildman–Crippen MR) is 101 cm³/mol. The van der Waals surface area contributed by atoms with Gasteiger partial charge in [-0.2, -0.15) is 4.39 Å². The number of allylic oxidation sites excluding steroid dienone is 1. The number of rotatable bonds is 7. The van der Waals surface area contributed by atoms with Crippen LogP contribution in [0.5, 0.6) is 5.75 Å². The van der Waals surface area contributed by atoms with Gasteiger partial charge in [-0.25, -0.2) is 4.39 Å². The average molecular weight is 380 g/mol. The van der Waals surface area contributed by atoms with Crippen LogP contribution in [0.4, 0.5) is 8.78 Å². The summed E-state index contributed by atoms with van der Waals surface area (Å²) in [5, 5.41) is 0. The lowest BCUT2D eigenvalue weighted by Crippen LogP contribution is -2.37. The molecule has 2 unspecified atom stereocenters. The van der Waals surface area contributed by atoms with Crippen molar-refractivity contribution in [3.63, 3.8) is 0 Å². The molecular formula is C22H30F2O3. The second-order valence-corrected chi connectivity index (χ2v) is 7.58. The van der Waals surface area contributed by atoms with Gasteiger partial charge in [-0.05, 0) is 69.4 Å². The first kappa shape index (κ1) is 20.3. The van der Waals surface area contributed by atoms with Crippen LogP contribution in [0.15, 0.2) is 24.8 Å². The molecule has 1 aromatic carbocycles. The topological polar surface area (TPSA) is 27.7 Å². The van der Waals surface area contributed by atoms with Gasteiger partial charge in [0.25, 0.3) is 0 Å². The van der Waals surface area contributed by atoms with Crippen LogP contribution in [0.3, 0.4) is 0 Å². The smallest absolute Gasteiger partial charge is 0.200 e. The van der Waals surface area contributed by atoms with Gasteiger partial charge < -0.3 is 14.2 Å². The quantitative estimate of drug-likeness (QED) is 0.591. The van der Waals surface area contributed by atoms with Gasteiger partial charge in [0, 0.05) is 5.56 Å². The molecule has 3 rings (SSSR count). The first-order chi connectivity index (χ1) is 13.1. The van der Waals surface area contributed by atoms with Gasteiger partial charge >= 0.3 is 0 Å². The van der Waals surface area contributed by atoms with E-state index in [0.29, 0.717) is 31.2 Å². The highest BCUT2D eigenvalue weighted by Gasteiger charge is 2.31. The fraction of sp³-hybridized carbons (Fsp3) is 0.636. The second kappa shape index (κ2) is 9.65. The molecule has 0 bridgehead atoms. The molecule has 2 atom stereocenters. The average Bonchev–Trinajstić information content (AvgIpc) is 2.71. The molecule has 150 valence electrons. The molecule has 2 aliphatic rings. The predicted octanol–water partition coefficient (Wildman–Crippen LogP) is 5.42. The van der Waals surface area contributed by atoms with Crippen LogP contribution in [-0.4, -0.2) is 25.4 Å². The van der Waals surface area contributed by atoms with Gasteiger partial charge in [-0.1, -0.05) is 6.08 Å². The molecule has 27 heavy (non-hydrogen) atoms. The molecule has 3 nitrogen and oxygen atoms in total. The molecule has 0 amide bonds.